The SMILES string of the molecule is CN(Cc1ccccc1)C(=O)c1cnc(SCCCCCC2(C(=O)NCC(F)(F)F)c3ccccc3-c3ccccc32)[nH]1. The number of nitrogens with one attached hydrogen (secondary N) is 2. The molecule has 3 aromatic carbocycles. The first-order valence-electron chi connectivity index (χ1n) is 14.2. The zero-order valence-electron chi connectivity index (χ0n) is 23.8. The molecule has 4 aromatic rings. The van der Waals surface area contributed by atoms with Crippen molar-refractivity contribution in [1.29, 1.82) is 0 Å². The lowest BCUT2D eigenvalue weighted by Gasteiger charge is -2.31. The molecule has 0 spiro atoms. The predicted molar refractivity (Wildman–Crippen MR) is 162 cm³/mol. The molecule has 0 radical (unpaired) electrons. The number of H-pyrrole nitrogens is 1. The number of thioether (sulfide) groups is 1. The molecule has 43 heavy (non-hydrogen) atoms. The quantitative estimate of drug-likeness (QED) is 0.135. The van der Waals surface area contributed by atoms with Gasteiger partial charge in [-0.15, -0.1) is 0 Å². The van der Waals surface area contributed by atoms with E-state index in [4.69, 9.17) is 0 Å². The molecule has 0 fully saturated rings. The number of nitrogens with zero attached hydrogens (tertiary/aromatic N) is 2. The van der Waals surface area contributed by atoms with Crippen LogP contribution in [0.25, 0.3) is 11.1 Å². The zero-order valence-corrected chi connectivity index (χ0v) is 24.6. The van der Waals surface area contributed by atoms with Gasteiger partial charge in [0.25, 0.3) is 5.91 Å². The van der Waals surface area contributed by atoms with Crippen LogP contribution in [0.15, 0.2) is 90.2 Å². The minimum absolute atomic E-state index is 0.144. The number of aromatic amines is 1. The van der Waals surface area contributed by atoms with Gasteiger partial charge < -0.3 is 15.2 Å². The van der Waals surface area contributed by atoms with E-state index in [2.05, 4.69) is 15.3 Å². The van der Waals surface area contributed by atoms with E-state index in [0.717, 1.165) is 46.4 Å². The van der Waals surface area contributed by atoms with Crippen molar-refractivity contribution < 1.29 is 22.8 Å². The van der Waals surface area contributed by atoms with Crippen LogP contribution in [0.1, 0.15) is 52.9 Å². The molecule has 1 heterocycles. The molecule has 1 aromatic heterocycles. The lowest BCUT2D eigenvalue weighted by molar-refractivity contribution is -0.141. The third-order valence-corrected chi connectivity index (χ3v) is 8.70. The highest BCUT2D eigenvalue weighted by atomic mass is 32.2. The van der Waals surface area contributed by atoms with Crippen molar-refractivity contribution in [3.63, 3.8) is 0 Å². The van der Waals surface area contributed by atoms with Gasteiger partial charge in [0.2, 0.25) is 5.91 Å². The molecule has 2 amide bonds. The van der Waals surface area contributed by atoms with Gasteiger partial charge in [0.15, 0.2) is 5.16 Å². The van der Waals surface area contributed by atoms with E-state index in [1.54, 1.807) is 18.1 Å². The molecule has 1 aliphatic rings. The monoisotopic (exact) mass is 606 g/mol. The van der Waals surface area contributed by atoms with E-state index in [1.165, 1.54) is 11.8 Å². The Morgan fingerprint density at radius 3 is 2.19 bits per heavy atom. The standard InChI is InChI=1S/C33H33F3N4O2S/c1-40(21-23-12-4-2-5-13-23)29(41)28-20-37-31(39-28)43-19-11-3-10-18-32(30(42)38-22-33(34,35)36)26-16-8-6-14-24(26)25-15-7-9-17-27(25)32/h2,4-9,12-17,20H,3,10-11,18-19,21-22H2,1H3,(H,37,39)(H,38,42). The summed E-state index contributed by atoms with van der Waals surface area (Å²) in [4.78, 5) is 35.5. The summed E-state index contributed by atoms with van der Waals surface area (Å²) in [6, 6.07) is 24.7. The Kier molecular flexibility index (Phi) is 9.25. The average Bonchev–Trinajstić information content (AvgIpc) is 3.59. The number of alkyl halides is 3. The number of fused-ring (bicyclic) bond motifs is 3. The van der Waals surface area contributed by atoms with Crippen LogP contribution in [0.5, 0.6) is 0 Å². The van der Waals surface area contributed by atoms with Crippen LogP contribution < -0.4 is 5.32 Å². The fourth-order valence-electron chi connectivity index (χ4n) is 5.74. The molecule has 0 unspecified atom stereocenters. The van der Waals surface area contributed by atoms with Gasteiger partial charge in [0, 0.05) is 19.3 Å². The highest BCUT2D eigenvalue weighted by Crippen LogP contribution is 2.51. The highest BCUT2D eigenvalue weighted by molar-refractivity contribution is 7.99. The Hall–Kier alpha value is -4.05. The first-order chi connectivity index (χ1) is 20.7. The van der Waals surface area contributed by atoms with E-state index in [9.17, 15) is 22.8 Å². The van der Waals surface area contributed by atoms with Gasteiger partial charge in [-0.05, 0) is 40.7 Å². The summed E-state index contributed by atoms with van der Waals surface area (Å²) in [5.74, 6) is -0.0300. The normalized spacial score (nSPS) is 13.3. The molecule has 1 aliphatic carbocycles. The second kappa shape index (κ2) is 13.1. The number of hydrogen-bond donors (Lipinski definition) is 2. The maximum Gasteiger partial charge on any atom is 0.405 e. The minimum atomic E-state index is -4.50. The summed E-state index contributed by atoms with van der Waals surface area (Å²) in [6.45, 7) is -0.879. The van der Waals surface area contributed by atoms with Crippen molar-refractivity contribution >= 4 is 23.6 Å². The number of rotatable bonds is 12. The van der Waals surface area contributed by atoms with Crippen molar-refractivity contribution in [1.82, 2.24) is 20.2 Å². The molecule has 224 valence electrons. The largest absolute Gasteiger partial charge is 0.405 e. The fraction of sp³-hybridized carbons (Fsp3) is 0.303. The van der Waals surface area contributed by atoms with E-state index in [1.807, 2.05) is 78.9 Å². The van der Waals surface area contributed by atoms with Crippen molar-refractivity contribution in [2.45, 2.75) is 49.0 Å². The third kappa shape index (κ3) is 6.80. The Bertz CT molecular complexity index is 1530. The van der Waals surface area contributed by atoms with E-state index >= 15 is 0 Å². The number of hydrogen-bond acceptors (Lipinski definition) is 4. The van der Waals surface area contributed by atoms with Gasteiger partial charge in [0.1, 0.15) is 17.7 Å². The van der Waals surface area contributed by atoms with Gasteiger partial charge in [-0.3, -0.25) is 9.59 Å². The van der Waals surface area contributed by atoms with Crippen molar-refractivity contribution in [3.05, 3.63) is 107 Å². The van der Waals surface area contributed by atoms with Crippen LogP contribution in [-0.2, 0) is 16.8 Å². The third-order valence-electron chi connectivity index (χ3n) is 7.73. The number of carbonyl (C=O) groups excluding carboxylic acids is 2. The Labute approximate surface area is 253 Å². The molecule has 10 heteroatoms. The van der Waals surface area contributed by atoms with Gasteiger partial charge >= 0.3 is 6.18 Å². The molecule has 0 saturated carbocycles. The van der Waals surface area contributed by atoms with Crippen molar-refractivity contribution in [2.75, 3.05) is 19.3 Å². The van der Waals surface area contributed by atoms with Crippen LogP contribution in [0.3, 0.4) is 0 Å². The molecule has 0 aliphatic heterocycles. The smallest absolute Gasteiger partial charge is 0.346 e. The lowest BCUT2D eigenvalue weighted by Crippen LogP contribution is -2.47. The van der Waals surface area contributed by atoms with E-state index in [0.29, 0.717) is 30.2 Å². The molecule has 0 saturated heterocycles. The van der Waals surface area contributed by atoms with Crippen molar-refractivity contribution in [2.24, 2.45) is 0 Å². The molecule has 6 nitrogen and oxygen atoms in total. The van der Waals surface area contributed by atoms with Crippen LogP contribution in [0.2, 0.25) is 0 Å². The highest BCUT2D eigenvalue weighted by Gasteiger charge is 2.49. The van der Waals surface area contributed by atoms with Crippen LogP contribution >= 0.6 is 11.8 Å². The zero-order chi connectivity index (χ0) is 30.5. The second-order valence-corrected chi connectivity index (χ2v) is 11.8. The molecule has 5 rings (SSSR count). The first-order valence-corrected chi connectivity index (χ1v) is 15.2. The molecular formula is C33H33F3N4O2S. The topological polar surface area (TPSA) is 78.1 Å². The van der Waals surface area contributed by atoms with Crippen LogP contribution in [0.4, 0.5) is 13.2 Å². The maximum absolute atomic E-state index is 13.6. The summed E-state index contributed by atoms with van der Waals surface area (Å²) in [6.07, 6.45) is -0.328. The summed E-state index contributed by atoms with van der Waals surface area (Å²) in [5.41, 5.74) is 3.53. The number of carbonyl (C=O) groups is 2. The van der Waals surface area contributed by atoms with Crippen LogP contribution in [0, 0.1) is 0 Å². The van der Waals surface area contributed by atoms with Gasteiger partial charge in [-0.25, -0.2) is 4.98 Å². The predicted octanol–water partition coefficient (Wildman–Crippen LogP) is 6.98. The number of aromatic nitrogens is 2. The molecule has 0 atom stereocenters. The fourth-order valence-corrected chi connectivity index (χ4v) is 6.59. The Balaban J connectivity index is 1.19. The Morgan fingerprint density at radius 1 is 0.907 bits per heavy atom. The first kappa shape index (κ1) is 30.4. The lowest BCUT2D eigenvalue weighted by atomic mass is 9.73. The average molecular weight is 607 g/mol. The summed E-state index contributed by atoms with van der Waals surface area (Å²) in [5, 5.41) is 2.83. The number of benzene rings is 3. The van der Waals surface area contributed by atoms with Gasteiger partial charge in [0.05, 0.1) is 6.20 Å². The van der Waals surface area contributed by atoms with Crippen molar-refractivity contribution in [3.8, 4) is 11.1 Å². The minimum Gasteiger partial charge on any atom is -0.346 e. The number of amides is 2. The number of halogens is 3. The van der Waals surface area contributed by atoms with Gasteiger partial charge in [-0.2, -0.15) is 13.2 Å². The molecule has 0 bridgehead atoms. The summed E-state index contributed by atoms with van der Waals surface area (Å²) < 4.78 is 39.2. The molecular weight excluding hydrogens is 573 g/mol. The number of unbranched alkanes of at least 4 members (excludes halogenated alkanes) is 2. The maximum atomic E-state index is 13.6. The summed E-state index contributed by atoms with van der Waals surface area (Å²) >= 11 is 1.51. The Morgan fingerprint density at radius 2 is 1.53 bits per heavy atom. The van der Waals surface area contributed by atoms with Crippen LogP contribution in [-0.4, -0.2) is 52.2 Å². The van der Waals surface area contributed by atoms with E-state index < -0.39 is 24.0 Å². The molecule has 2 N–H and O–H groups in total. The van der Waals surface area contributed by atoms with Gasteiger partial charge in [-0.1, -0.05) is 103 Å². The van der Waals surface area contributed by atoms with E-state index in [-0.39, 0.29) is 5.91 Å². The number of imidazole rings is 1. The second-order valence-electron chi connectivity index (χ2n) is 10.7. The summed E-state index contributed by atoms with van der Waals surface area (Å²) in [7, 11) is 1.75.